The molecule has 148 valence electrons. The van der Waals surface area contributed by atoms with E-state index in [0.29, 0.717) is 23.2 Å². The number of rotatable bonds is 6. The minimum Gasteiger partial charge on any atom is -0.382 e. The van der Waals surface area contributed by atoms with Crippen LogP contribution in [0.4, 0.5) is 10.2 Å². The second kappa shape index (κ2) is 8.47. The van der Waals surface area contributed by atoms with Gasteiger partial charge >= 0.3 is 0 Å². The number of carbonyl (C=O) groups is 2. The topological polar surface area (TPSA) is 124 Å². The van der Waals surface area contributed by atoms with Crippen LogP contribution in [-0.2, 0) is 13.0 Å². The fourth-order valence-electron chi connectivity index (χ4n) is 2.84. The van der Waals surface area contributed by atoms with E-state index < -0.39 is 5.91 Å². The van der Waals surface area contributed by atoms with Crippen LogP contribution in [0, 0.1) is 12.7 Å². The minimum absolute atomic E-state index is 0.0259. The van der Waals surface area contributed by atoms with Gasteiger partial charge in [0.05, 0.1) is 11.9 Å². The van der Waals surface area contributed by atoms with E-state index >= 15 is 0 Å². The Balaban J connectivity index is 1.72. The summed E-state index contributed by atoms with van der Waals surface area (Å²) >= 11 is 0. The number of amides is 2. The Kier molecular flexibility index (Phi) is 5.82. The lowest BCUT2D eigenvalue weighted by atomic mass is 10.1. The van der Waals surface area contributed by atoms with Crippen molar-refractivity contribution < 1.29 is 14.0 Å². The van der Waals surface area contributed by atoms with Crippen molar-refractivity contribution in [1.82, 2.24) is 15.3 Å². The molecule has 3 aromatic rings. The van der Waals surface area contributed by atoms with Gasteiger partial charge in [-0.05, 0) is 47.9 Å². The summed E-state index contributed by atoms with van der Waals surface area (Å²) < 4.78 is 13.4. The highest BCUT2D eigenvalue weighted by atomic mass is 19.1. The molecule has 8 heteroatoms. The van der Waals surface area contributed by atoms with Crippen molar-refractivity contribution in [3.63, 3.8) is 0 Å². The third-order valence-corrected chi connectivity index (χ3v) is 4.41. The highest BCUT2D eigenvalue weighted by Crippen LogP contribution is 2.14. The number of nitrogens with zero attached hydrogens (tertiary/aromatic N) is 2. The predicted molar refractivity (Wildman–Crippen MR) is 107 cm³/mol. The zero-order valence-corrected chi connectivity index (χ0v) is 15.8. The Bertz CT molecular complexity index is 1080. The first kappa shape index (κ1) is 19.9. The van der Waals surface area contributed by atoms with Gasteiger partial charge in [0.1, 0.15) is 5.82 Å². The number of carbonyl (C=O) groups excluding carboxylic acids is 2. The van der Waals surface area contributed by atoms with Crippen LogP contribution >= 0.6 is 0 Å². The van der Waals surface area contributed by atoms with Gasteiger partial charge in [0.2, 0.25) is 0 Å². The van der Waals surface area contributed by atoms with E-state index in [9.17, 15) is 14.0 Å². The van der Waals surface area contributed by atoms with Crippen LogP contribution in [0.25, 0.3) is 0 Å². The standard InChI is InChI=1S/C21H20FN5O2/c1-12-5-6-16(22)9-15(12)10-26-21(29)14-4-2-3-13(7-14)8-17-11-25-19(23)18(27-17)20(24)28/h2-7,9,11H,8,10H2,1H3,(H2,23,25)(H2,24,28)(H,26,29). The molecule has 3 rings (SSSR count). The molecule has 0 unspecified atom stereocenters. The number of hydrogen-bond acceptors (Lipinski definition) is 5. The molecular formula is C21H20FN5O2. The summed E-state index contributed by atoms with van der Waals surface area (Å²) in [4.78, 5) is 31.9. The monoisotopic (exact) mass is 393 g/mol. The zero-order chi connectivity index (χ0) is 21.0. The first-order valence-electron chi connectivity index (χ1n) is 8.87. The van der Waals surface area contributed by atoms with Gasteiger partial charge in [-0.1, -0.05) is 18.2 Å². The smallest absolute Gasteiger partial charge is 0.271 e. The molecule has 1 aromatic heterocycles. The number of aromatic nitrogens is 2. The van der Waals surface area contributed by atoms with Crippen molar-refractivity contribution in [2.45, 2.75) is 19.9 Å². The van der Waals surface area contributed by atoms with Crippen molar-refractivity contribution in [2.24, 2.45) is 5.73 Å². The molecule has 2 aromatic carbocycles. The van der Waals surface area contributed by atoms with Crippen molar-refractivity contribution >= 4 is 17.6 Å². The highest BCUT2D eigenvalue weighted by Gasteiger charge is 2.12. The Morgan fingerprint density at radius 2 is 1.97 bits per heavy atom. The van der Waals surface area contributed by atoms with E-state index in [-0.39, 0.29) is 29.8 Å². The second-order valence-electron chi connectivity index (χ2n) is 6.59. The van der Waals surface area contributed by atoms with Crippen LogP contribution in [0.5, 0.6) is 0 Å². The number of aryl methyl sites for hydroxylation is 1. The van der Waals surface area contributed by atoms with E-state index in [4.69, 9.17) is 11.5 Å². The van der Waals surface area contributed by atoms with Gasteiger partial charge in [0.15, 0.2) is 11.5 Å². The van der Waals surface area contributed by atoms with Crippen LogP contribution in [-0.4, -0.2) is 21.8 Å². The van der Waals surface area contributed by atoms with E-state index in [2.05, 4.69) is 15.3 Å². The summed E-state index contributed by atoms with van der Waals surface area (Å²) in [6, 6.07) is 11.4. The van der Waals surface area contributed by atoms with Crippen molar-refractivity contribution in [3.8, 4) is 0 Å². The highest BCUT2D eigenvalue weighted by molar-refractivity contribution is 5.95. The van der Waals surface area contributed by atoms with Gasteiger partial charge in [-0.3, -0.25) is 9.59 Å². The fraction of sp³-hybridized carbons (Fsp3) is 0.143. The average Bonchev–Trinajstić information content (AvgIpc) is 2.70. The average molecular weight is 393 g/mol. The van der Waals surface area contributed by atoms with E-state index in [1.165, 1.54) is 18.3 Å². The van der Waals surface area contributed by atoms with Gasteiger partial charge < -0.3 is 16.8 Å². The lowest BCUT2D eigenvalue weighted by Gasteiger charge is -2.10. The Morgan fingerprint density at radius 3 is 2.72 bits per heavy atom. The number of nitrogens with one attached hydrogen (secondary N) is 1. The number of hydrogen-bond donors (Lipinski definition) is 3. The van der Waals surface area contributed by atoms with Gasteiger partial charge in [0, 0.05) is 18.5 Å². The first-order valence-corrected chi connectivity index (χ1v) is 8.87. The Labute approximate surface area is 167 Å². The molecule has 0 atom stereocenters. The van der Waals surface area contributed by atoms with Gasteiger partial charge in [-0.2, -0.15) is 0 Å². The van der Waals surface area contributed by atoms with Crippen LogP contribution in [0.3, 0.4) is 0 Å². The third-order valence-electron chi connectivity index (χ3n) is 4.41. The molecule has 0 bridgehead atoms. The normalized spacial score (nSPS) is 10.6. The Morgan fingerprint density at radius 1 is 1.17 bits per heavy atom. The molecule has 0 saturated heterocycles. The number of primary amides is 1. The maximum Gasteiger partial charge on any atom is 0.271 e. The molecule has 0 saturated carbocycles. The SMILES string of the molecule is Cc1ccc(F)cc1CNC(=O)c1cccc(Cc2cnc(N)c(C(N)=O)n2)c1. The predicted octanol–water partition coefficient (Wildman–Crippen LogP) is 2.13. The van der Waals surface area contributed by atoms with Crippen LogP contribution in [0.2, 0.25) is 0 Å². The number of benzene rings is 2. The molecule has 0 aliphatic rings. The maximum absolute atomic E-state index is 13.4. The fourth-order valence-corrected chi connectivity index (χ4v) is 2.84. The number of halogens is 1. The van der Waals surface area contributed by atoms with Crippen LogP contribution < -0.4 is 16.8 Å². The molecule has 5 N–H and O–H groups in total. The maximum atomic E-state index is 13.4. The van der Waals surface area contributed by atoms with Crippen molar-refractivity contribution in [1.29, 1.82) is 0 Å². The van der Waals surface area contributed by atoms with Crippen molar-refractivity contribution in [2.75, 3.05) is 5.73 Å². The van der Waals surface area contributed by atoms with E-state index in [1.807, 2.05) is 13.0 Å². The summed E-state index contributed by atoms with van der Waals surface area (Å²) in [5.74, 6) is -1.40. The van der Waals surface area contributed by atoms with E-state index in [1.54, 1.807) is 24.3 Å². The van der Waals surface area contributed by atoms with Gasteiger partial charge in [-0.25, -0.2) is 14.4 Å². The Hall–Kier alpha value is -3.81. The molecule has 0 aliphatic carbocycles. The molecule has 0 aliphatic heterocycles. The number of nitrogens with two attached hydrogens (primary N) is 2. The molecule has 0 spiro atoms. The lowest BCUT2D eigenvalue weighted by molar-refractivity contribution is 0.0949. The third kappa shape index (κ3) is 4.92. The summed E-state index contributed by atoms with van der Waals surface area (Å²) in [5, 5.41) is 2.79. The van der Waals surface area contributed by atoms with Crippen LogP contribution in [0.15, 0.2) is 48.7 Å². The van der Waals surface area contributed by atoms with Crippen molar-refractivity contribution in [3.05, 3.63) is 88.1 Å². The minimum atomic E-state index is -0.752. The summed E-state index contributed by atoms with van der Waals surface area (Å²) in [7, 11) is 0. The lowest BCUT2D eigenvalue weighted by Crippen LogP contribution is -2.23. The zero-order valence-electron chi connectivity index (χ0n) is 15.8. The van der Waals surface area contributed by atoms with Crippen LogP contribution in [0.1, 0.15) is 43.2 Å². The van der Waals surface area contributed by atoms with Gasteiger partial charge in [0.25, 0.3) is 11.8 Å². The molecule has 0 fully saturated rings. The van der Waals surface area contributed by atoms with E-state index in [0.717, 1.165) is 11.1 Å². The summed E-state index contributed by atoms with van der Waals surface area (Å²) in [6.45, 7) is 2.08. The first-order chi connectivity index (χ1) is 13.8. The number of nitrogen functional groups attached to an aromatic ring is 1. The molecular weight excluding hydrogens is 373 g/mol. The summed E-state index contributed by atoms with van der Waals surface area (Å²) in [6.07, 6.45) is 1.80. The van der Waals surface area contributed by atoms with Gasteiger partial charge in [-0.15, -0.1) is 0 Å². The second-order valence-corrected chi connectivity index (χ2v) is 6.59. The number of anilines is 1. The molecule has 0 radical (unpaired) electrons. The largest absolute Gasteiger partial charge is 0.382 e. The quantitative estimate of drug-likeness (QED) is 0.592. The molecule has 7 nitrogen and oxygen atoms in total. The molecule has 2 amide bonds. The summed E-state index contributed by atoms with van der Waals surface area (Å²) in [5.41, 5.74) is 14.1. The molecule has 29 heavy (non-hydrogen) atoms. The molecule has 1 heterocycles.